The van der Waals surface area contributed by atoms with E-state index in [0.717, 1.165) is 25.7 Å². The summed E-state index contributed by atoms with van der Waals surface area (Å²) in [6.07, 6.45) is 2.52. The molecule has 0 saturated carbocycles. The van der Waals surface area contributed by atoms with Crippen molar-refractivity contribution >= 4 is 8.56 Å². The Balaban J connectivity index is 2.43. The van der Waals surface area contributed by atoms with Crippen LogP contribution in [0.1, 0.15) is 19.8 Å². The van der Waals surface area contributed by atoms with Gasteiger partial charge in [0, 0.05) is 20.3 Å². The van der Waals surface area contributed by atoms with Crippen LogP contribution in [0.15, 0.2) is 0 Å². The lowest BCUT2D eigenvalue weighted by atomic mass is 10.3. The van der Waals surface area contributed by atoms with Crippen molar-refractivity contribution in [1.29, 1.82) is 0 Å². The topological polar surface area (TPSA) is 21.7 Å². The molecule has 0 aliphatic carbocycles. The minimum Gasteiger partial charge on any atom is -0.398 e. The van der Waals surface area contributed by atoms with Crippen molar-refractivity contribution in [2.75, 3.05) is 33.4 Å². The fourth-order valence-electron chi connectivity index (χ4n) is 1.83. The standard InChI is InChI=1S/C10H23NO2Si/c1-4-11-7-5-6-10-14(3,12-2)13-9-8-11/h4-10H2,1-3H3. The molecule has 84 valence electrons. The highest BCUT2D eigenvalue weighted by atomic mass is 28.4. The van der Waals surface area contributed by atoms with Gasteiger partial charge in [0.2, 0.25) is 0 Å². The van der Waals surface area contributed by atoms with Crippen molar-refractivity contribution in [2.45, 2.75) is 32.4 Å². The van der Waals surface area contributed by atoms with Crippen LogP contribution in [0.4, 0.5) is 0 Å². The van der Waals surface area contributed by atoms with Crippen LogP contribution < -0.4 is 0 Å². The van der Waals surface area contributed by atoms with Crippen LogP contribution in [0.2, 0.25) is 12.6 Å². The zero-order valence-corrected chi connectivity index (χ0v) is 10.7. The summed E-state index contributed by atoms with van der Waals surface area (Å²) in [4.78, 5) is 2.45. The Morgan fingerprint density at radius 1 is 1.36 bits per heavy atom. The third kappa shape index (κ3) is 3.69. The normalized spacial score (nSPS) is 31.9. The van der Waals surface area contributed by atoms with Crippen LogP contribution in [0.25, 0.3) is 0 Å². The minimum absolute atomic E-state index is 0.838. The third-order valence-corrected chi connectivity index (χ3v) is 5.99. The highest BCUT2D eigenvalue weighted by molar-refractivity contribution is 6.65. The maximum atomic E-state index is 5.91. The molecule has 1 fully saturated rings. The molecule has 1 atom stereocenters. The van der Waals surface area contributed by atoms with Crippen LogP contribution >= 0.6 is 0 Å². The van der Waals surface area contributed by atoms with Crippen molar-refractivity contribution in [3.8, 4) is 0 Å². The molecule has 1 heterocycles. The summed E-state index contributed by atoms with van der Waals surface area (Å²) in [6, 6.07) is 1.14. The summed E-state index contributed by atoms with van der Waals surface area (Å²) in [5.41, 5.74) is 0. The number of nitrogens with zero attached hydrogens (tertiary/aromatic N) is 1. The first-order chi connectivity index (χ1) is 6.70. The molecule has 4 heteroatoms. The first-order valence-corrected chi connectivity index (χ1v) is 8.14. The van der Waals surface area contributed by atoms with Gasteiger partial charge in [0.05, 0.1) is 0 Å². The summed E-state index contributed by atoms with van der Waals surface area (Å²) < 4.78 is 11.4. The van der Waals surface area contributed by atoms with Gasteiger partial charge in [0.15, 0.2) is 0 Å². The lowest BCUT2D eigenvalue weighted by Crippen LogP contribution is -2.38. The number of hydrogen-bond donors (Lipinski definition) is 0. The average molecular weight is 217 g/mol. The van der Waals surface area contributed by atoms with Crippen LogP contribution in [-0.4, -0.2) is 46.8 Å². The van der Waals surface area contributed by atoms with Crippen molar-refractivity contribution < 1.29 is 8.85 Å². The molecule has 0 amide bonds. The first kappa shape index (κ1) is 12.2. The largest absolute Gasteiger partial charge is 0.398 e. The van der Waals surface area contributed by atoms with Gasteiger partial charge in [0.25, 0.3) is 0 Å². The molecule has 1 aliphatic rings. The van der Waals surface area contributed by atoms with E-state index < -0.39 is 8.56 Å². The lowest BCUT2D eigenvalue weighted by Gasteiger charge is -2.24. The van der Waals surface area contributed by atoms with E-state index in [9.17, 15) is 0 Å². The fourth-order valence-corrected chi connectivity index (χ4v) is 3.71. The molecule has 0 aromatic rings. The van der Waals surface area contributed by atoms with Gasteiger partial charge in [-0.15, -0.1) is 0 Å². The molecule has 3 nitrogen and oxygen atoms in total. The van der Waals surface area contributed by atoms with Crippen LogP contribution in [0, 0.1) is 0 Å². The van der Waals surface area contributed by atoms with Gasteiger partial charge >= 0.3 is 8.56 Å². The highest BCUT2D eigenvalue weighted by Crippen LogP contribution is 2.18. The molecular weight excluding hydrogens is 194 g/mol. The van der Waals surface area contributed by atoms with E-state index in [0.29, 0.717) is 0 Å². The molecule has 1 saturated heterocycles. The van der Waals surface area contributed by atoms with Crippen molar-refractivity contribution in [2.24, 2.45) is 0 Å². The summed E-state index contributed by atoms with van der Waals surface area (Å²) >= 11 is 0. The Morgan fingerprint density at radius 2 is 2.14 bits per heavy atom. The lowest BCUT2D eigenvalue weighted by molar-refractivity contribution is 0.173. The molecule has 0 aromatic heterocycles. The monoisotopic (exact) mass is 217 g/mol. The average Bonchev–Trinajstić information content (AvgIpc) is 2.29. The number of likely N-dealkylation sites (N-methyl/N-ethyl adjacent to an activating group) is 1. The van der Waals surface area contributed by atoms with Gasteiger partial charge in [-0.05, 0) is 32.1 Å². The molecule has 1 rings (SSSR count). The van der Waals surface area contributed by atoms with E-state index in [4.69, 9.17) is 8.85 Å². The zero-order chi connectivity index (χ0) is 10.4. The van der Waals surface area contributed by atoms with Gasteiger partial charge in [-0.1, -0.05) is 13.3 Å². The molecule has 0 bridgehead atoms. The second-order valence-electron chi connectivity index (χ2n) is 4.08. The van der Waals surface area contributed by atoms with Gasteiger partial charge in [-0.3, -0.25) is 0 Å². The maximum Gasteiger partial charge on any atom is 0.334 e. The van der Waals surface area contributed by atoms with E-state index in [2.05, 4.69) is 18.4 Å². The molecule has 14 heavy (non-hydrogen) atoms. The summed E-state index contributed by atoms with van der Waals surface area (Å²) in [5, 5.41) is 0. The van der Waals surface area contributed by atoms with Crippen molar-refractivity contribution in [3.05, 3.63) is 0 Å². The van der Waals surface area contributed by atoms with Crippen LogP contribution in [-0.2, 0) is 8.85 Å². The van der Waals surface area contributed by atoms with Gasteiger partial charge in [-0.25, -0.2) is 0 Å². The smallest absolute Gasteiger partial charge is 0.334 e. The number of rotatable bonds is 2. The van der Waals surface area contributed by atoms with E-state index in [1.165, 1.54) is 19.4 Å². The zero-order valence-electron chi connectivity index (χ0n) is 9.71. The Labute approximate surface area is 88.6 Å². The highest BCUT2D eigenvalue weighted by Gasteiger charge is 2.30. The van der Waals surface area contributed by atoms with Crippen LogP contribution in [0.5, 0.6) is 0 Å². The minimum atomic E-state index is -1.79. The molecule has 0 radical (unpaired) electrons. The second-order valence-corrected chi connectivity index (χ2v) is 7.54. The van der Waals surface area contributed by atoms with Crippen molar-refractivity contribution in [3.63, 3.8) is 0 Å². The maximum absolute atomic E-state index is 5.91. The molecule has 0 aromatic carbocycles. The predicted octanol–water partition coefficient (Wildman–Crippen LogP) is 1.84. The molecule has 0 spiro atoms. The predicted molar refractivity (Wildman–Crippen MR) is 60.7 cm³/mol. The second kappa shape index (κ2) is 5.85. The van der Waals surface area contributed by atoms with E-state index in [1.54, 1.807) is 7.11 Å². The summed E-state index contributed by atoms with van der Waals surface area (Å²) in [6.45, 7) is 8.63. The third-order valence-electron chi connectivity index (χ3n) is 3.05. The van der Waals surface area contributed by atoms with E-state index >= 15 is 0 Å². The van der Waals surface area contributed by atoms with Crippen molar-refractivity contribution in [1.82, 2.24) is 4.90 Å². The molecule has 0 N–H and O–H groups in total. The Kier molecular flexibility index (Phi) is 5.09. The Morgan fingerprint density at radius 3 is 2.79 bits per heavy atom. The molecule has 1 aliphatic heterocycles. The summed E-state index contributed by atoms with van der Waals surface area (Å²) in [5.74, 6) is 0. The van der Waals surface area contributed by atoms with E-state index in [-0.39, 0.29) is 0 Å². The summed E-state index contributed by atoms with van der Waals surface area (Å²) in [7, 11) is -0.000989. The quantitative estimate of drug-likeness (QED) is 0.659. The van der Waals surface area contributed by atoms with Gasteiger partial charge in [0.1, 0.15) is 0 Å². The fraction of sp³-hybridized carbons (Fsp3) is 1.00. The molecular formula is C10H23NO2Si. The first-order valence-electron chi connectivity index (χ1n) is 5.61. The Hall–Kier alpha value is 0.0969. The van der Waals surface area contributed by atoms with Gasteiger partial charge in [-0.2, -0.15) is 0 Å². The van der Waals surface area contributed by atoms with Gasteiger partial charge < -0.3 is 13.8 Å². The molecule has 1 unspecified atom stereocenters. The van der Waals surface area contributed by atoms with E-state index in [1.807, 2.05) is 0 Å². The van der Waals surface area contributed by atoms with Crippen LogP contribution in [0.3, 0.4) is 0 Å². The number of hydrogen-bond acceptors (Lipinski definition) is 3. The SMILES string of the molecule is CCN1CCCC[Si](C)(OC)OCC1. The Bertz CT molecular complexity index is 168.